The molecule has 0 aliphatic heterocycles. The Kier molecular flexibility index (Phi) is 5.04. The molecule has 2 rings (SSSR count). The fraction of sp³-hybridized carbons (Fsp3) is 0.278. The number of benzene rings is 2. The van der Waals surface area contributed by atoms with Crippen molar-refractivity contribution in [3.63, 3.8) is 0 Å². The molecule has 1 atom stereocenters. The Balaban J connectivity index is 2.21. The van der Waals surface area contributed by atoms with Crippen molar-refractivity contribution in [2.45, 2.75) is 19.9 Å². The minimum Gasteiger partial charge on any atom is -0.497 e. The van der Waals surface area contributed by atoms with Crippen molar-refractivity contribution in [3.05, 3.63) is 59.2 Å². The Morgan fingerprint density at radius 1 is 1.09 bits per heavy atom. The van der Waals surface area contributed by atoms with E-state index in [-0.39, 0.29) is 11.9 Å². The third kappa shape index (κ3) is 3.58. The number of ether oxygens (including phenoxy) is 2. The van der Waals surface area contributed by atoms with Gasteiger partial charge in [-0.15, -0.1) is 0 Å². The van der Waals surface area contributed by atoms with Crippen LogP contribution in [0.2, 0.25) is 0 Å². The summed E-state index contributed by atoms with van der Waals surface area (Å²) in [5, 5.41) is 2.99. The molecule has 0 aliphatic rings. The predicted molar refractivity (Wildman–Crippen MR) is 86.6 cm³/mol. The first-order valence-corrected chi connectivity index (χ1v) is 7.14. The molecule has 0 bridgehead atoms. The largest absolute Gasteiger partial charge is 0.497 e. The lowest BCUT2D eigenvalue weighted by molar-refractivity contribution is 0.0939. The predicted octanol–water partition coefficient (Wildman–Crippen LogP) is 3.50. The molecule has 0 saturated carbocycles. The zero-order valence-corrected chi connectivity index (χ0v) is 13.3. The van der Waals surface area contributed by atoms with Crippen LogP contribution in [0.3, 0.4) is 0 Å². The van der Waals surface area contributed by atoms with E-state index >= 15 is 0 Å². The van der Waals surface area contributed by atoms with E-state index in [9.17, 15) is 4.79 Å². The van der Waals surface area contributed by atoms with Crippen LogP contribution >= 0.6 is 0 Å². The van der Waals surface area contributed by atoms with Crippen molar-refractivity contribution in [2.24, 2.45) is 0 Å². The topological polar surface area (TPSA) is 47.6 Å². The molecule has 1 amide bonds. The standard InChI is InChI=1S/C18H21NO3/c1-12-6-5-7-14(10-12)18(20)19-13(2)16-11-15(21-3)8-9-17(16)22-4/h5-11,13H,1-4H3,(H,19,20). The van der Waals surface area contributed by atoms with E-state index in [0.29, 0.717) is 5.56 Å². The van der Waals surface area contributed by atoms with E-state index in [1.54, 1.807) is 20.3 Å². The van der Waals surface area contributed by atoms with E-state index in [2.05, 4.69) is 5.32 Å². The van der Waals surface area contributed by atoms with Gasteiger partial charge in [0.05, 0.1) is 20.3 Å². The molecular weight excluding hydrogens is 278 g/mol. The number of rotatable bonds is 5. The summed E-state index contributed by atoms with van der Waals surface area (Å²) in [6.45, 7) is 3.89. The van der Waals surface area contributed by atoms with Crippen molar-refractivity contribution in [2.75, 3.05) is 14.2 Å². The molecule has 22 heavy (non-hydrogen) atoms. The maximum Gasteiger partial charge on any atom is 0.251 e. The van der Waals surface area contributed by atoms with Crippen molar-refractivity contribution in [1.82, 2.24) is 5.32 Å². The number of methoxy groups -OCH3 is 2. The summed E-state index contributed by atoms with van der Waals surface area (Å²) in [6, 6.07) is 12.9. The van der Waals surface area contributed by atoms with Gasteiger partial charge in [0.15, 0.2) is 0 Å². The first kappa shape index (κ1) is 15.9. The number of hydrogen-bond acceptors (Lipinski definition) is 3. The number of amides is 1. The molecule has 2 aromatic carbocycles. The lowest BCUT2D eigenvalue weighted by atomic mass is 10.1. The average Bonchev–Trinajstić information content (AvgIpc) is 2.54. The van der Waals surface area contributed by atoms with Gasteiger partial charge in [-0.25, -0.2) is 0 Å². The number of carbonyl (C=O) groups excluding carboxylic acids is 1. The molecule has 1 unspecified atom stereocenters. The van der Waals surface area contributed by atoms with Crippen LogP contribution in [0.5, 0.6) is 11.5 Å². The normalized spacial score (nSPS) is 11.6. The highest BCUT2D eigenvalue weighted by Crippen LogP contribution is 2.29. The van der Waals surface area contributed by atoms with E-state index in [1.807, 2.05) is 50.2 Å². The zero-order chi connectivity index (χ0) is 16.1. The van der Waals surface area contributed by atoms with Crippen LogP contribution in [0.4, 0.5) is 0 Å². The summed E-state index contributed by atoms with van der Waals surface area (Å²) >= 11 is 0. The van der Waals surface area contributed by atoms with Crippen LogP contribution in [0.15, 0.2) is 42.5 Å². The lowest BCUT2D eigenvalue weighted by Crippen LogP contribution is -2.27. The van der Waals surface area contributed by atoms with Gasteiger partial charge in [0.2, 0.25) is 0 Å². The second kappa shape index (κ2) is 6.98. The van der Waals surface area contributed by atoms with Crippen LogP contribution in [0.25, 0.3) is 0 Å². The minimum atomic E-state index is -0.196. The Morgan fingerprint density at radius 2 is 1.86 bits per heavy atom. The number of aryl methyl sites for hydroxylation is 1. The van der Waals surface area contributed by atoms with Gasteiger partial charge in [-0.1, -0.05) is 17.7 Å². The highest BCUT2D eigenvalue weighted by molar-refractivity contribution is 5.94. The molecule has 0 spiro atoms. The number of carbonyl (C=O) groups is 1. The molecule has 4 nitrogen and oxygen atoms in total. The SMILES string of the molecule is COc1ccc(OC)c(C(C)NC(=O)c2cccc(C)c2)c1. The van der Waals surface area contributed by atoms with E-state index < -0.39 is 0 Å². The third-order valence-corrected chi connectivity index (χ3v) is 3.53. The van der Waals surface area contributed by atoms with Gasteiger partial charge in [0.25, 0.3) is 5.91 Å². The molecule has 0 saturated heterocycles. The second-order valence-electron chi connectivity index (χ2n) is 5.17. The smallest absolute Gasteiger partial charge is 0.251 e. The Hall–Kier alpha value is -2.49. The summed E-state index contributed by atoms with van der Waals surface area (Å²) < 4.78 is 10.6. The van der Waals surface area contributed by atoms with Crippen molar-refractivity contribution in [1.29, 1.82) is 0 Å². The molecule has 0 heterocycles. The molecule has 2 aromatic rings. The maximum atomic E-state index is 12.4. The molecular formula is C18H21NO3. The first-order valence-electron chi connectivity index (χ1n) is 7.14. The average molecular weight is 299 g/mol. The summed E-state index contributed by atoms with van der Waals surface area (Å²) in [5.41, 5.74) is 2.58. The van der Waals surface area contributed by atoms with Gasteiger partial charge >= 0.3 is 0 Å². The molecule has 0 fully saturated rings. The van der Waals surface area contributed by atoms with Gasteiger partial charge in [-0.3, -0.25) is 4.79 Å². The Labute approximate surface area is 131 Å². The van der Waals surface area contributed by atoms with Gasteiger partial charge in [0, 0.05) is 11.1 Å². The second-order valence-corrected chi connectivity index (χ2v) is 5.17. The van der Waals surface area contributed by atoms with E-state index in [1.165, 1.54) is 0 Å². The van der Waals surface area contributed by atoms with Crippen molar-refractivity contribution in [3.8, 4) is 11.5 Å². The van der Waals surface area contributed by atoms with Crippen LogP contribution in [-0.2, 0) is 0 Å². The molecule has 116 valence electrons. The van der Waals surface area contributed by atoms with Crippen LogP contribution in [0, 0.1) is 6.92 Å². The number of nitrogens with one attached hydrogen (secondary N) is 1. The highest BCUT2D eigenvalue weighted by Gasteiger charge is 2.16. The quantitative estimate of drug-likeness (QED) is 0.919. The van der Waals surface area contributed by atoms with Gasteiger partial charge in [-0.2, -0.15) is 0 Å². The summed E-state index contributed by atoms with van der Waals surface area (Å²) in [5.74, 6) is 1.34. The molecule has 0 aromatic heterocycles. The van der Waals surface area contributed by atoms with E-state index in [0.717, 1.165) is 22.6 Å². The van der Waals surface area contributed by atoms with Crippen LogP contribution < -0.4 is 14.8 Å². The fourth-order valence-corrected chi connectivity index (χ4v) is 2.32. The minimum absolute atomic E-state index is 0.110. The van der Waals surface area contributed by atoms with Crippen LogP contribution in [-0.4, -0.2) is 20.1 Å². The molecule has 0 aliphatic carbocycles. The van der Waals surface area contributed by atoms with Crippen LogP contribution in [0.1, 0.15) is 34.5 Å². The number of hydrogen-bond donors (Lipinski definition) is 1. The molecule has 4 heteroatoms. The zero-order valence-electron chi connectivity index (χ0n) is 13.3. The van der Waals surface area contributed by atoms with Crippen molar-refractivity contribution >= 4 is 5.91 Å². The van der Waals surface area contributed by atoms with Gasteiger partial charge in [0.1, 0.15) is 11.5 Å². The molecule has 0 radical (unpaired) electrons. The van der Waals surface area contributed by atoms with Gasteiger partial charge < -0.3 is 14.8 Å². The van der Waals surface area contributed by atoms with E-state index in [4.69, 9.17) is 9.47 Å². The summed E-state index contributed by atoms with van der Waals surface area (Å²) in [7, 11) is 3.22. The first-order chi connectivity index (χ1) is 10.5. The monoisotopic (exact) mass is 299 g/mol. The summed E-state index contributed by atoms with van der Waals surface area (Å²) in [4.78, 5) is 12.4. The summed E-state index contributed by atoms with van der Waals surface area (Å²) in [6.07, 6.45) is 0. The Bertz CT molecular complexity index is 667. The maximum absolute atomic E-state index is 12.4. The Morgan fingerprint density at radius 3 is 2.50 bits per heavy atom. The highest BCUT2D eigenvalue weighted by atomic mass is 16.5. The lowest BCUT2D eigenvalue weighted by Gasteiger charge is -2.18. The molecule has 1 N–H and O–H groups in total. The fourth-order valence-electron chi connectivity index (χ4n) is 2.32. The van der Waals surface area contributed by atoms with Gasteiger partial charge in [-0.05, 0) is 44.2 Å². The van der Waals surface area contributed by atoms with Crippen molar-refractivity contribution < 1.29 is 14.3 Å². The third-order valence-electron chi connectivity index (χ3n) is 3.53.